The van der Waals surface area contributed by atoms with E-state index in [-0.39, 0.29) is 6.54 Å². The zero-order chi connectivity index (χ0) is 10.1. The molecule has 0 aliphatic carbocycles. The molecule has 1 rings (SSSR count). The van der Waals surface area contributed by atoms with E-state index in [1.807, 2.05) is 0 Å². The molecule has 1 aliphatic heterocycles. The lowest BCUT2D eigenvalue weighted by Gasteiger charge is -2.22. The smallest absolute Gasteiger partial charge is 0.219 e. The first-order valence-corrected chi connectivity index (χ1v) is 3.79. The predicted octanol–water partition coefficient (Wildman–Crippen LogP) is -3.23. The van der Waals surface area contributed by atoms with Gasteiger partial charge in [-0.25, -0.2) is 5.48 Å². The summed E-state index contributed by atoms with van der Waals surface area (Å²) in [5.41, 5.74) is 1.73. The lowest BCUT2D eigenvalue weighted by atomic mass is 10.1. The quantitative estimate of drug-likeness (QED) is 0.262. The van der Waals surface area contributed by atoms with Gasteiger partial charge in [0, 0.05) is 6.54 Å². The van der Waals surface area contributed by atoms with Gasteiger partial charge in [-0.2, -0.15) is 0 Å². The molecule has 78 valence electrons. The normalized spacial score (nSPS) is 45.5. The molecule has 7 nitrogen and oxygen atoms in total. The fourth-order valence-electron chi connectivity index (χ4n) is 1.25. The van der Waals surface area contributed by atoms with Crippen molar-refractivity contribution in [2.75, 3.05) is 13.2 Å². The Morgan fingerprint density at radius 2 is 2.00 bits per heavy atom. The zero-order valence-corrected chi connectivity index (χ0v) is 6.79. The third-order valence-electron chi connectivity index (χ3n) is 2.04. The van der Waals surface area contributed by atoms with Crippen molar-refractivity contribution in [2.24, 2.45) is 0 Å². The van der Waals surface area contributed by atoms with Crippen molar-refractivity contribution in [3.8, 4) is 0 Å². The maximum absolute atomic E-state index is 9.34. The highest BCUT2D eigenvalue weighted by atomic mass is 16.7. The fourth-order valence-corrected chi connectivity index (χ4v) is 1.25. The molecule has 0 aromatic carbocycles. The molecular formula is C6H13NO6. The molecule has 0 aromatic heterocycles. The van der Waals surface area contributed by atoms with E-state index in [4.69, 9.17) is 15.1 Å². The van der Waals surface area contributed by atoms with E-state index in [2.05, 4.69) is 0 Å². The Labute approximate surface area is 74.1 Å². The molecule has 6 N–H and O–H groups in total. The molecule has 1 saturated heterocycles. The Hall–Kier alpha value is -0.280. The minimum atomic E-state index is -2.15. The molecular weight excluding hydrogens is 182 g/mol. The first kappa shape index (κ1) is 10.8. The summed E-state index contributed by atoms with van der Waals surface area (Å²) < 4.78 is 4.75. The number of aliphatic hydroxyl groups excluding tert-OH is 3. The second-order valence-electron chi connectivity index (χ2n) is 2.96. The number of hydrogen-bond acceptors (Lipinski definition) is 7. The molecule has 0 aromatic rings. The highest BCUT2D eigenvalue weighted by molar-refractivity contribution is 4.95. The van der Waals surface area contributed by atoms with Crippen LogP contribution in [0.4, 0.5) is 0 Å². The topological polar surface area (TPSA) is 122 Å². The summed E-state index contributed by atoms with van der Waals surface area (Å²) in [5.74, 6) is -2.15. The van der Waals surface area contributed by atoms with Crippen LogP contribution in [0.25, 0.3) is 0 Å². The van der Waals surface area contributed by atoms with Gasteiger partial charge in [0.2, 0.25) is 5.79 Å². The maximum Gasteiger partial charge on any atom is 0.219 e. The van der Waals surface area contributed by atoms with Crippen LogP contribution in [0.2, 0.25) is 0 Å². The molecule has 1 heterocycles. The third-order valence-corrected chi connectivity index (χ3v) is 2.04. The van der Waals surface area contributed by atoms with Crippen LogP contribution in [0.15, 0.2) is 0 Å². The van der Waals surface area contributed by atoms with Crippen molar-refractivity contribution in [2.45, 2.75) is 24.1 Å². The molecule has 4 atom stereocenters. The van der Waals surface area contributed by atoms with Gasteiger partial charge in [-0.1, -0.05) is 0 Å². The summed E-state index contributed by atoms with van der Waals surface area (Å²) >= 11 is 0. The minimum absolute atomic E-state index is 0.152. The van der Waals surface area contributed by atoms with Crippen LogP contribution in [0.5, 0.6) is 0 Å². The molecule has 13 heavy (non-hydrogen) atoms. The minimum Gasteiger partial charge on any atom is -0.391 e. The van der Waals surface area contributed by atoms with E-state index in [0.717, 1.165) is 0 Å². The first-order chi connectivity index (χ1) is 6.05. The molecule has 1 fully saturated rings. The predicted molar refractivity (Wildman–Crippen MR) is 38.7 cm³/mol. The van der Waals surface area contributed by atoms with E-state index < -0.39 is 30.7 Å². The summed E-state index contributed by atoms with van der Waals surface area (Å²) in [6.07, 6.45) is -3.90. The number of rotatable bonds is 3. The lowest BCUT2D eigenvalue weighted by Crippen LogP contribution is -2.46. The Morgan fingerprint density at radius 3 is 2.38 bits per heavy atom. The second kappa shape index (κ2) is 3.84. The van der Waals surface area contributed by atoms with Gasteiger partial charge in [0.15, 0.2) is 0 Å². The van der Waals surface area contributed by atoms with Crippen molar-refractivity contribution in [1.82, 2.24) is 5.48 Å². The number of ether oxygens (including phenoxy) is 1. The summed E-state index contributed by atoms with van der Waals surface area (Å²) in [4.78, 5) is 0. The third kappa shape index (κ3) is 1.81. The van der Waals surface area contributed by atoms with E-state index in [1.54, 1.807) is 5.48 Å². The second-order valence-corrected chi connectivity index (χ2v) is 2.96. The van der Waals surface area contributed by atoms with Crippen LogP contribution in [0.3, 0.4) is 0 Å². The van der Waals surface area contributed by atoms with Crippen LogP contribution >= 0.6 is 0 Å². The van der Waals surface area contributed by atoms with Crippen molar-refractivity contribution >= 4 is 0 Å². The summed E-state index contributed by atoms with van der Waals surface area (Å²) in [6, 6.07) is 0. The van der Waals surface area contributed by atoms with Gasteiger partial charge in [0.05, 0.1) is 6.61 Å². The lowest BCUT2D eigenvalue weighted by molar-refractivity contribution is -0.246. The molecule has 0 saturated carbocycles. The standard InChI is InChI=1S/C6H13NO6/c8-2-6(11)5(10)4(9)3(13-6)1-7-12/h3-5,7-12H,1-2H2/t3-,4-,5+,6-/m1/s1. The monoisotopic (exact) mass is 195 g/mol. The number of hydrogen-bond donors (Lipinski definition) is 6. The number of nitrogens with one attached hydrogen (secondary N) is 1. The SMILES string of the molecule is OC[C@@]1(O)O[C@H](CNO)[C@@H](O)[C@@H]1O. The van der Waals surface area contributed by atoms with Crippen molar-refractivity contribution < 1.29 is 30.4 Å². The van der Waals surface area contributed by atoms with Gasteiger partial charge < -0.3 is 30.4 Å². The zero-order valence-electron chi connectivity index (χ0n) is 6.79. The van der Waals surface area contributed by atoms with Gasteiger partial charge in [0.25, 0.3) is 0 Å². The highest BCUT2D eigenvalue weighted by Gasteiger charge is 2.52. The summed E-state index contributed by atoms with van der Waals surface area (Å²) in [7, 11) is 0. The maximum atomic E-state index is 9.34. The van der Waals surface area contributed by atoms with Crippen LogP contribution < -0.4 is 5.48 Å². The van der Waals surface area contributed by atoms with Crippen LogP contribution in [0.1, 0.15) is 0 Å². The Kier molecular flexibility index (Phi) is 3.19. The fraction of sp³-hybridized carbons (Fsp3) is 1.00. The van der Waals surface area contributed by atoms with E-state index in [1.165, 1.54) is 0 Å². The van der Waals surface area contributed by atoms with Crippen molar-refractivity contribution in [3.05, 3.63) is 0 Å². The van der Waals surface area contributed by atoms with Crippen LogP contribution in [-0.4, -0.2) is 62.9 Å². The van der Waals surface area contributed by atoms with E-state index in [0.29, 0.717) is 0 Å². The molecule has 0 spiro atoms. The molecule has 1 aliphatic rings. The van der Waals surface area contributed by atoms with Gasteiger partial charge in [0.1, 0.15) is 18.3 Å². The molecule has 0 amide bonds. The number of hydroxylamine groups is 1. The van der Waals surface area contributed by atoms with Crippen molar-refractivity contribution in [1.29, 1.82) is 0 Å². The molecule has 0 unspecified atom stereocenters. The average Bonchev–Trinajstić information content (AvgIpc) is 2.33. The summed E-state index contributed by atoms with van der Waals surface area (Å²) in [5, 5.41) is 44.8. The molecule has 7 heteroatoms. The average molecular weight is 195 g/mol. The van der Waals surface area contributed by atoms with Crippen LogP contribution in [-0.2, 0) is 4.74 Å². The molecule has 0 bridgehead atoms. The Balaban J connectivity index is 2.66. The van der Waals surface area contributed by atoms with E-state index in [9.17, 15) is 15.3 Å². The van der Waals surface area contributed by atoms with Gasteiger partial charge in [-0.15, -0.1) is 0 Å². The Bertz CT molecular complexity index is 179. The summed E-state index contributed by atoms with van der Waals surface area (Å²) in [6.45, 7) is -0.978. The first-order valence-electron chi connectivity index (χ1n) is 3.79. The van der Waals surface area contributed by atoms with Gasteiger partial charge in [-0.05, 0) is 0 Å². The van der Waals surface area contributed by atoms with Gasteiger partial charge in [-0.3, -0.25) is 0 Å². The highest BCUT2D eigenvalue weighted by Crippen LogP contribution is 2.28. The largest absolute Gasteiger partial charge is 0.391 e. The van der Waals surface area contributed by atoms with Crippen molar-refractivity contribution in [3.63, 3.8) is 0 Å². The van der Waals surface area contributed by atoms with Crippen LogP contribution in [0, 0.1) is 0 Å². The molecule has 0 radical (unpaired) electrons. The van der Waals surface area contributed by atoms with Gasteiger partial charge >= 0.3 is 0 Å². The Morgan fingerprint density at radius 1 is 1.38 bits per heavy atom. The van der Waals surface area contributed by atoms with E-state index >= 15 is 0 Å². The number of aliphatic hydroxyl groups is 4.